The molecule has 0 aromatic heterocycles. The summed E-state index contributed by atoms with van der Waals surface area (Å²) in [7, 11) is 0. The highest BCUT2D eigenvalue weighted by molar-refractivity contribution is 6.36. The third-order valence-electron chi connectivity index (χ3n) is 2.94. The lowest BCUT2D eigenvalue weighted by Crippen LogP contribution is -2.39. The molecule has 0 spiro atoms. The summed E-state index contributed by atoms with van der Waals surface area (Å²) in [6, 6.07) is 4.53. The average molecular weight is 361 g/mol. The minimum Gasteiger partial charge on any atom is -0.466 e. The van der Waals surface area contributed by atoms with Gasteiger partial charge in [-0.15, -0.1) is 0 Å². The highest BCUT2D eigenvalue weighted by Crippen LogP contribution is 2.25. The summed E-state index contributed by atoms with van der Waals surface area (Å²) in [6.45, 7) is 6.89. The third-order valence-corrected chi connectivity index (χ3v) is 3.48. The second-order valence-corrected chi connectivity index (χ2v) is 6.29. The van der Waals surface area contributed by atoms with Crippen molar-refractivity contribution in [3.05, 3.63) is 28.2 Å². The monoisotopic (exact) mass is 360 g/mol. The number of benzene rings is 1. The van der Waals surface area contributed by atoms with E-state index in [1.807, 2.05) is 13.8 Å². The summed E-state index contributed by atoms with van der Waals surface area (Å²) in [5, 5.41) is 3.60. The number of halogens is 2. The Kier molecular flexibility index (Phi) is 8.20. The number of hydrogen-bond acceptors (Lipinski definition) is 3. The average Bonchev–Trinajstić information content (AvgIpc) is 2.46. The summed E-state index contributed by atoms with van der Waals surface area (Å²) in [5.41, 5.74) is 0.478. The number of urea groups is 1. The quantitative estimate of drug-likeness (QED) is 0.731. The van der Waals surface area contributed by atoms with Gasteiger partial charge in [-0.1, -0.05) is 37.0 Å². The number of ether oxygens (including phenoxy) is 1. The first-order chi connectivity index (χ1) is 10.8. The number of esters is 1. The predicted molar refractivity (Wildman–Crippen MR) is 93.1 cm³/mol. The molecule has 0 aliphatic rings. The number of amides is 2. The maximum atomic E-state index is 12.4. The van der Waals surface area contributed by atoms with E-state index in [9.17, 15) is 9.59 Å². The van der Waals surface area contributed by atoms with Gasteiger partial charge in [0, 0.05) is 18.1 Å². The Balaban J connectivity index is 2.72. The van der Waals surface area contributed by atoms with E-state index in [4.69, 9.17) is 27.9 Å². The Morgan fingerprint density at radius 1 is 1.30 bits per heavy atom. The van der Waals surface area contributed by atoms with Gasteiger partial charge in [-0.25, -0.2) is 4.79 Å². The molecular formula is C16H22Cl2N2O3. The van der Waals surface area contributed by atoms with Crippen LogP contribution in [0.2, 0.25) is 10.0 Å². The molecule has 1 aromatic rings. The molecule has 0 fully saturated rings. The van der Waals surface area contributed by atoms with E-state index in [1.165, 1.54) is 0 Å². The Bertz CT molecular complexity index is 550. The molecule has 0 unspecified atom stereocenters. The van der Waals surface area contributed by atoms with Crippen molar-refractivity contribution in [1.82, 2.24) is 4.90 Å². The second-order valence-electron chi connectivity index (χ2n) is 5.45. The molecule has 0 radical (unpaired) electrons. The van der Waals surface area contributed by atoms with Crippen LogP contribution in [0.4, 0.5) is 10.5 Å². The van der Waals surface area contributed by atoms with Crippen LogP contribution in [0.1, 0.15) is 27.2 Å². The summed E-state index contributed by atoms with van der Waals surface area (Å²) < 4.78 is 4.89. The summed E-state index contributed by atoms with van der Waals surface area (Å²) in [5.74, 6) is -0.0535. The van der Waals surface area contributed by atoms with Crippen molar-refractivity contribution in [3.8, 4) is 0 Å². The van der Waals surface area contributed by atoms with Gasteiger partial charge in [-0.3, -0.25) is 4.79 Å². The van der Waals surface area contributed by atoms with Gasteiger partial charge in [0.2, 0.25) is 0 Å². The number of carbonyl (C=O) groups excluding carboxylic acids is 2. The highest BCUT2D eigenvalue weighted by atomic mass is 35.5. The molecular weight excluding hydrogens is 339 g/mol. The molecule has 1 rings (SSSR count). The Morgan fingerprint density at radius 3 is 2.57 bits per heavy atom. The lowest BCUT2D eigenvalue weighted by atomic mass is 10.2. The zero-order chi connectivity index (χ0) is 17.4. The van der Waals surface area contributed by atoms with Crippen LogP contribution in [-0.4, -0.2) is 36.6 Å². The zero-order valence-electron chi connectivity index (χ0n) is 13.6. The van der Waals surface area contributed by atoms with Gasteiger partial charge >= 0.3 is 12.0 Å². The smallest absolute Gasteiger partial charge is 0.321 e. The molecule has 0 atom stereocenters. The topological polar surface area (TPSA) is 58.6 Å². The fraction of sp³-hybridized carbons (Fsp3) is 0.500. The molecule has 0 saturated heterocycles. The van der Waals surface area contributed by atoms with Crippen molar-refractivity contribution in [2.45, 2.75) is 27.2 Å². The Morgan fingerprint density at radius 2 is 2.00 bits per heavy atom. The van der Waals surface area contributed by atoms with Gasteiger partial charge in [0.25, 0.3) is 0 Å². The molecule has 0 saturated carbocycles. The second kappa shape index (κ2) is 9.63. The predicted octanol–water partition coefficient (Wildman–Crippen LogP) is 4.44. The number of anilines is 1. The molecule has 2 amide bonds. The van der Waals surface area contributed by atoms with Crippen LogP contribution in [0.3, 0.4) is 0 Å². The molecule has 0 bridgehead atoms. The molecule has 5 nitrogen and oxygen atoms in total. The molecule has 1 aromatic carbocycles. The van der Waals surface area contributed by atoms with Crippen molar-refractivity contribution >= 4 is 40.9 Å². The van der Waals surface area contributed by atoms with Crippen molar-refractivity contribution in [2.75, 3.05) is 25.0 Å². The van der Waals surface area contributed by atoms with Crippen LogP contribution >= 0.6 is 23.2 Å². The molecule has 1 N–H and O–H groups in total. The van der Waals surface area contributed by atoms with Gasteiger partial charge < -0.3 is 15.0 Å². The fourth-order valence-corrected chi connectivity index (χ4v) is 2.42. The van der Waals surface area contributed by atoms with Gasteiger partial charge in [0.1, 0.15) is 0 Å². The minimum absolute atomic E-state index is 0.155. The van der Waals surface area contributed by atoms with Gasteiger partial charge in [-0.2, -0.15) is 0 Å². The van der Waals surface area contributed by atoms with Crippen LogP contribution in [0.15, 0.2) is 18.2 Å². The Hall–Kier alpha value is -1.46. The van der Waals surface area contributed by atoms with E-state index in [1.54, 1.807) is 30.0 Å². The van der Waals surface area contributed by atoms with Crippen LogP contribution in [-0.2, 0) is 9.53 Å². The minimum atomic E-state index is -0.321. The summed E-state index contributed by atoms with van der Waals surface area (Å²) >= 11 is 11.9. The molecule has 0 aliphatic carbocycles. The summed E-state index contributed by atoms with van der Waals surface area (Å²) in [4.78, 5) is 25.5. The number of hydrogen-bond donors (Lipinski definition) is 1. The van der Waals surface area contributed by atoms with Crippen molar-refractivity contribution < 1.29 is 14.3 Å². The standard InChI is InChI=1S/C16H22Cl2N2O3/c1-4-23-15(21)7-8-20(10-11(2)3)16(22)19-14-6-5-12(17)9-13(14)18/h5-6,9,11H,4,7-8,10H2,1-3H3,(H,19,22). The van der Waals surface area contributed by atoms with Crippen molar-refractivity contribution in [2.24, 2.45) is 5.92 Å². The lowest BCUT2D eigenvalue weighted by molar-refractivity contribution is -0.143. The number of carbonyl (C=O) groups is 2. The van der Waals surface area contributed by atoms with Crippen molar-refractivity contribution in [1.29, 1.82) is 0 Å². The lowest BCUT2D eigenvalue weighted by Gasteiger charge is -2.25. The highest BCUT2D eigenvalue weighted by Gasteiger charge is 2.17. The molecule has 0 aliphatic heterocycles. The molecule has 0 heterocycles. The van der Waals surface area contributed by atoms with E-state index < -0.39 is 0 Å². The maximum absolute atomic E-state index is 12.4. The molecule has 23 heavy (non-hydrogen) atoms. The SMILES string of the molecule is CCOC(=O)CCN(CC(C)C)C(=O)Nc1ccc(Cl)cc1Cl. The van der Waals surface area contributed by atoms with Crippen LogP contribution in [0.5, 0.6) is 0 Å². The summed E-state index contributed by atoms with van der Waals surface area (Å²) in [6.07, 6.45) is 0.155. The van der Waals surface area contributed by atoms with Gasteiger partial charge in [0.15, 0.2) is 0 Å². The van der Waals surface area contributed by atoms with Crippen LogP contribution < -0.4 is 5.32 Å². The van der Waals surface area contributed by atoms with E-state index in [0.717, 1.165) is 0 Å². The molecule has 7 heteroatoms. The van der Waals surface area contributed by atoms with E-state index >= 15 is 0 Å². The first kappa shape index (κ1) is 19.6. The van der Waals surface area contributed by atoms with E-state index in [0.29, 0.717) is 28.9 Å². The first-order valence-electron chi connectivity index (χ1n) is 7.50. The van der Waals surface area contributed by atoms with Crippen LogP contribution in [0.25, 0.3) is 0 Å². The Labute approximate surface area is 146 Å². The molecule has 128 valence electrons. The number of nitrogens with one attached hydrogen (secondary N) is 1. The van der Waals surface area contributed by atoms with Gasteiger partial charge in [-0.05, 0) is 31.0 Å². The van der Waals surface area contributed by atoms with E-state index in [2.05, 4.69) is 5.32 Å². The number of rotatable bonds is 7. The zero-order valence-corrected chi connectivity index (χ0v) is 15.1. The van der Waals surface area contributed by atoms with Gasteiger partial charge in [0.05, 0.1) is 23.7 Å². The maximum Gasteiger partial charge on any atom is 0.321 e. The third kappa shape index (κ3) is 7.10. The largest absolute Gasteiger partial charge is 0.466 e. The van der Waals surface area contributed by atoms with Crippen LogP contribution in [0, 0.1) is 5.92 Å². The van der Waals surface area contributed by atoms with Crippen molar-refractivity contribution in [3.63, 3.8) is 0 Å². The number of nitrogens with zero attached hydrogens (tertiary/aromatic N) is 1. The first-order valence-corrected chi connectivity index (χ1v) is 8.25. The normalized spacial score (nSPS) is 10.5. The van der Waals surface area contributed by atoms with E-state index in [-0.39, 0.29) is 30.9 Å². The fourth-order valence-electron chi connectivity index (χ4n) is 1.96.